The highest BCUT2D eigenvalue weighted by Gasteiger charge is 2.17. The van der Waals surface area contributed by atoms with Gasteiger partial charge in [-0.25, -0.2) is 12.8 Å². The number of sulfonamides is 1. The molecule has 6 nitrogen and oxygen atoms in total. The molecule has 2 aromatic carbocycles. The lowest BCUT2D eigenvalue weighted by Crippen LogP contribution is -2.32. The summed E-state index contributed by atoms with van der Waals surface area (Å²) in [5.41, 5.74) is 2.62. The maximum absolute atomic E-state index is 13.1. The fraction of sp³-hybridized carbons (Fsp3) is 0.409. The third-order valence-corrected chi connectivity index (χ3v) is 6.37. The molecule has 3 rings (SSSR count). The van der Waals surface area contributed by atoms with Crippen LogP contribution < -0.4 is 14.5 Å². The first-order valence-corrected chi connectivity index (χ1v) is 12.0. The van der Waals surface area contributed by atoms with E-state index in [9.17, 15) is 17.6 Å². The number of benzene rings is 2. The number of carbonyl (C=O) groups is 1. The van der Waals surface area contributed by atoms with Gasteiger partial charge in [0.15, 0.2) is 0 Å². The molecule has 1 aliphatic heterocycles. The van der Waals surface area contributed by atoms with Crippen molar-refractivity contribution in [2.75, 3.05) is 35.1 Å². The maximum Gasteiger partial charge on any atom is 0.232 e. The molecule has 0 aromatic heterocycles. The Balaban J connectivity index is 1.46. The van der Waals surface area contributed by atoms with Crippen LogP contribution in [0.15, 0.2) is 48.5 Å². The molecule has 0 spiro atoms. The van der Waals surface area contributed by atoms with Crippen molar-refractivity contribution in [1.82, 2.24) is 5.32 Å². The quantitative estimate of drug-likeness (QED) is 0.659. The van der Waals surface area contributed by atoms with Crippen molar-refractivity contribution in [3.05, 3.63) is 59.9 Å². The molecule has 2 aromatic rings. The monoisotopic (exact) mass is 433 g/mol. The summed E-state index contributed by atoms with van der Waals surface area (Å²) in [5.74, 6) is -0.564. The van der Waals surface area contributed by atoms with Crippen LogP contribution in [0.1, 0.15) is 31.2 Å². The Bertz CT molecular complexity index is 941. The average Bonchev–Trinajstić information content (AvgIpc) is 3.25. The van der Waals surface area contributed by atoms with E-state index in [2.05, 4.69) is 22.3 Å². The molecule has 0 unspecified atom stereocenters. The van der Waals surface area contributed by atoms with Gasteiger partial charge in [-0.3, -0.25) is 9.10 Å². The van der Waals surface area contributed by atoms with Gasteiger partial charge in [-0.05, 0) is 61.2 Å². The number of hydrogen-bond donors (Lipinski definition) is 1. The Labute approximate surface area is 177 Å². The number of hydrogen-bond acceptors (Lipinski definition) is 4. The molecule has 0 saturated carbocycles. The van der Waals surface area contributed by atoms with E-state index in [4.69, 9.17) is 0 Å². The highest BCUT2D eigenvalue weighted by molar-refractivity contribution is 7.92. The van der Waals surface area contributed by atoms with Crippen molar-refractivity contribution < 1.29 is 17.6 Å². The van der Waals surface area contributed by atoms with E-state index in [0.717, 1.165) is 24.9 Å². The van der Waals surface area contributed by atoms with Crippen LogP contribution in [-0.4, -0.2) is 40.2 Å². The van der Waals surface area contributed by atoms with E-state index in [0.29, 0.717) is 18.7 Å². The molecule has 0 atom stereocenters. The summed E-state index contributed by atoms with van der Waals surface area (Å²) in [6.07, 6.45) is 4.14. The predicted octanol–water partition coefficient (Wildman–Crippen LogP) is 3.29. The van der Waals surface area contributed by atoms with Crippen molar-refractivity contribution in [3.8, 4) is 0 Å². The fourth-order valence-corrected chi connectivity index (χ4v) is 4.53. The number of nitrogens with zero attached hydrogens (tertiary/aromatic N) is 2. The smallest absolute Gasteiger partial charge is 0.232 e. The second-order valence-corrected chi connectivity index (χ2v) is 9.46. The highest BCUT2D eigenvalue weighted by Crippen LogP contribution is 2.21. The van der Waals surface area contributed by atoms with Gasteiger partial charge in [0.05, 0.1) is 11.9 Å². The number of anilines is 2. The van der Waals surface area contributed by atoms with Crippen LogP contribution in [0.2, 0.25) is 0 Å². The van der Waals surface area contributed by atoms with Gasteiger partial charge in [0.25, 0.3) is 0 Å². The SMILES string of the molecule is CS(=O)(=O)N(CCCC(=O)NCc1ccc(N2CCCC2)cc1)c1ccc(F)cc1. The normalized spacial score (nSPS) is 14.0. The van der Waals surface area contributed by atoms with Gasteiger partial charge in [0.2, 0.25) is 15.9 Å². The minimum atomic E-state index is -3.52. The summed E-state index contributed by atoms with van der Waals surface area (Å²) in [6.45, 7) is 2.78. The Morgan fingerprint density at radius 2 is 1.70 bits per heavy atom. The highest BCUT2D eigenvalue weighted by atomic mass is 32.2. The van der Waals surface area contributed by atoms with E-state index < -0.39 is 15.8 Å². The molecule has 8 heteroatoms. The molecule has 0 aliphatic carbocycles. The van der Waals surface area contributed by atoms with Crippen molar-refractivity contribution >= 4 is 27.3 Å². The number of carbonyl (C=O) groups excluding carboxylic acids is 1. The van der Waals surface area contributed by atoms with Crippen LogP contribution in [0.4, 0.5) is 15.8 Å². The second-order valence-electron chi connectivity index (χ2n) is 7.55. The molecule has 0 bridgehead atoms. The first kappa shape index (κ1) is 22.1. The van der Waals surface area contributed by atoms with Gasteiger partial charge < -0.3 is 10.2 Å². The van der Waals surface area contributed by atoms with Crippen LogP contribution in [0.25, 0.3) is 0 Å². The van der Waals surface area contributed by atoms with Crippen molar-refractivity contribution in [3.63, 3.8) is 0 Å². The van der Waals surface area contributed by atoms with Crippen LogP contribution in [-0.2, 0) is 21.4 Å². The van der Waals surface area contributed by atoms with Crippen LogP contribution in [0.3, 0.4) is 0 Å². The van der Waals surface area contributed by atoms with E-state index in [1.807, 2.05) is 12.1 Å². The number of rotatable bonds is 9. The summed E-state index contributed by atoms with van der Waals surface area (Å²) in [5, 5.41) is 2.88. The minimum Gasteiger partial charge on any atom is -0.372 e. The lowest BCUT2D eigenvalue weighted by molar-refractivity contribution is -0.121. The van der Waals surface area contributed by atoms with E-state index >= 15 is 0 Å². The summed E-state index contributed by atoms with van der Waals surface area (Å²) in [7, 11) is -3.52. The largest absolute Gasteiger partial charge is 0.372 e. The van der Waals surface area contributed by atoms with E-state index in [1.165, 1.54) is 47.1 Å². The predicted molar refractivity (Wildman–Crippen MR) is 118 cm³/mol. The van der Waals surface area contributed by atoms with Gasteiger partial charge in [-0.1, -0.05) is 12.1 Å². The zero-order valence-corrected chi connectivity index (χ0v) is 18.0. The van der Waals surface area contributed by atoms with E-state index in [1.54, 1.807) is 0 Å². The Morgan fingerprint density at radius 1 is 1.07 bits per heavy atom. The summed E-state index contributed by atoms with van der Waals surface area (Å²) < 4.78 is 38.4. The van der Waals surface area contributed by atoms with Crippen molar-refractivity contribution in [2.45, 2.75) is 32.2 Å². The second kappa shape index (κ2) is 9.93. The summed E-state index contributed by atoms with van der Waals surface area (Å²) >= 11 is 0. The number of nitrogens with one attached hydrogen (secondary N) is 1. The molecule has 162 valence electrons. The molecule has 1 N–H and O–H groups in total. The third-order valence-electron chi connectivity index (χ3n) is 5.18. The van der Waals surface area contributed by atoms with Crippen LogP contribution in [0, 0.1) is 5.82 Å². The first-order chi connectivity index (χ1) is 14.3. The fourth-order valence-electron chi connectivity index (χ4n) is 3.57. The molecule has 1 saturated heterocycles. The molecule has 0 radical (unpaired) electrons. The van der Waals surface area contributed by atoms with Crippen LogP contribution >= 0.6 is 0 Å². The molecule has 1 aliphatic rings. The van der Waals surface area contributed by atoms with Gasteiger partial charge >= 0.3 is 0 Å². The van der Waals surface area contributed by atoms with E-state index in [-0.39, 0.29) is 18.9 Å². The molecule has 1 amide bonds. The summed E-state index contributed by atoms with van der Waals surface area (Å²) in [4.78, 5) is 14.5. The zero-order chi connectivity index (χ0) is 21.6. The summed E-state index contributed by atoms with van der Waals surface area (Å²) in [6, 6.07) is 13.5. The Morgan fingerprint density at radius 3 is 2.30 bits per heavy atom. The number of halogens is 1. The van der Waals surface area contributed by atoms with Gasteiger partial charge in [-0.15, -0.1) is 0 Å². The maximum atomic E-state index is 13.1. The Hall–Kier alpha value is -2.61. The average molecular weight is 434 g/mol. The topological polar surface area (TPSA) is 69.7 Å². The third kappa shape index (κ3) is 6.19. The molecular formula is C22H28FN3O3S. The lowest BCUT2D eigenvalue weighted by atomic mass is 10.2. The lowest BCUT2D eigenvalue weighted by Gasteiger charge is -2.22. The van der Waals surface area contributed by atoms with Crippen LogP contribution in [0.5, 0.6) is 0 Å². The molecule has 30 heavy (non-hydrogen) atoms. The van der Waals surface area contributed by atoms with Gasteiger partial charge in [0.1, 0.15) is 5.82 Å². The van der Waals surface area contributed by atoms with Gasteiger partial charge in [-0.2, -0.15) is 0 Å². The zero-order valence-electron chi connectivity index (χ0n) is 17.2. The molecule has 1 fully saturated rings. The first-order valence-electron chi connectivity index (χ1n) is 10.2. The van der Waals surface area contributed by atoms with Crippen molar-refractivity contribution in [1.29, 1.82) is 0 Å². The molecular weight excluding hydrogens is 405 g/mol. The number of amides is 1. The van der Waals surface area contributed by atoms with Gasteiger partial charge in [0, 0.05) is 38.3 Å². The minimum absolute atomic E-state index is 0.133. The van der Waals surface area contributed by atoms with Crippen molar-refractivity contribution in [2.24, 2.45) is 0 Å². The standard InChI is InChI=1S/C22H28FN3O3S/c1-30(28,29)26(21-12-8-19(23)9-13-21)16-4-5-22(27)24-17-18-6-10-20(11-7-18)25-14-2-3-15-25/h6-13H,2-5,14-17H2,1H3,(H,24,27). The Kier molecular flexibility index (Phi) is 7.31. The molecule has 1 heterocycles.